The number of rotatable bonds is 5. The molecule has 0 heterocycles. The van der Waals surface area contributed by atoms with E-state index in [1.165, 1.54) is 6.08 Å². The number of carbonyl (C=O) groups is 1. The lowest BCUT2D eigenvalue weighted by Gasteiger charge is -2.08. The molecule has 0 aliphatic carbocycles. The Morgan fingerprint density at radius 1 is 1.10 bits per heavy atom. The number of carbonyl (C=O) groups excluding carboxylic acids is 1. The molecule has 0 fully saturated rings. The molecule has 1 amide bonds. The van der Waals surface area contributed by atoms with Crippen molar-refractivity contribution in [2.45, 2.75) is 6.54 Å². The fourth-order valence-electron chi connectivity index (χ4n) is 1.83. The molecular formula is C17H17NO2. The van der Waals surface area contributed by atoms with Crippen LogP contribution in [0.4, 0.5) is 0 Å². The average Bonchev–Trinajstić information content (AvgIpc) is 2.52. The molecule has 0 spiro atoms. The first-order valence-electron chi connectivity index (χ1n) is 6.42. The molecule has 1 N–H and O–H groups in total. The lowest BCUT2D eigenvalue weighted by atomic mass is 10.2. The maximum Gasteiger partial charge on any atom is 0.244 e. The highest BCUT2D eigenvalue weighted by Crippen LogP contribution is 2.16. The van der Waals surface area contributed by atoms with Crippen molar-refractivity contribution in [3.63, 3.8) is 0 Å². The van der Waals surface area contributed by atoms with Gasteiger partial charge in [-0.2, -0.15) is 0 Å². The number of methoxy groups -OCH3 is 1. The zero-order valence-corrected chi connectivity index (χ0v) is 11.4. The summed E-state index contributed by atoms with van der Waals surface area (Å²) in [5.74, 6) is 0.652. The first kappa shape index (κ1) is 13.9. The van der Waals surface area contributed by atoms with Crippen molar-refractivity contribution in [2.24, 2.45) is 0 Å². The molecule has 3 nitrogen and oxygen atoms in total. The second-order valence-corrected chi connectivity index (χ2v) is 4.27. The van der Waals surface area contributed by atoms with Crippen LogP contribution in [0.3, 0.4) is 0 Å². The van der Waals surface area contributed by atoms with Crippen molar-refractivity contribution < 1.29 is 9.53 Å². The molecule has 20 heavy (non-hydrogen) atoms. The van der Waals surface area contributed by atoms with E-state index in [0.29, 0.717) is 6.54 Å². The first-order chi connectivity index (χ1) is 9.79. The van der Waals surface area contributed by atoms with Gasteiger partial charge in [-0.3, -0.25) is 4.79 Å². The molecule has 0 atom stereocenters. The summed E-state index contributed by atoms with van der Waals surface area (Å²) < 4.78 is 5.24. The van der Waals surface area contributed by atoms with Crippen LogP contribution >= 0.6 is 0 Å². The van der Waals surface area contributed by atoms with Crippen LogP contribution in [0.1, 0.15) is 11.1 Å². The fourth-order valence-corrected chi connectivity index (χ4v) is 1.83. The van der Waals surface area contributed by atoms with E-state index >= 15 is 0 Å². The monoisotopic (exact) mass is 267 g/mol. The molecule has 0 bridgehead atoms. The zero-order valence-electron chi connectivity index (χ0n) is 11.4. The molecule has 3 heteroatoms. The number of amides is 1. The van der Waals surface area contributed by atoms with Crippen molar-refractivity contribution in [3.8, 4) is 5.75 Å². The Hall–Kier alpha value is -2.55. The highest BCUT2D eigenvalue weighted by atomic mass is 16.5. The van der Waals surface area contributed by atoms with Gasteiger partial charge in [0.25, 0.3) is 0 Å². The maximum atomic E-state index is 11.8. The maximum absolute atomic E-state index is 11.8. The Bertz CT molecular complexity index is 591. The highest BCUT2D eigenvalue weighted by molar-refractivity contribution is 5.91. The minimum Gasteiger partial charge on any atom is -0.496 e. The molecule has 0 aromatic heterocycles. The van der Waals surface area contributed by atoms with Crippen molar-refractivity contribution in [1.29, 1.82) is 0 Å². The lowest BCUT2D eigenvalue weighted by Crippen LogP contribution is -2.20. The van der Waals surface area contributed by atoms with Crippen LogP contribution in [0.25, 0.3) is 6.08 Å². The van der Waals surface area contributed by atoms with E-state index in [1.54, 1.807) is 13.2 Å². The van der Waals surface area contributed by atoms with Gasteiger partial charge in [0.05, 0.1) is 7.11 Å². The third-order valence-electron chi connectivity index (χ3n) is 2.87. The van der Waals surface area contributed by atoms with Crippen molar-refractivity contribution in [2.75, 3.05) is 7.11 Å². The molecule has 0 saturated carbocycles. The molecule has 0 radical (unpaired) electrons. The Morgan fingerprint density at radius 2 is 1.80 bits per heavy atom. The Morgan fingerprint density at radius 3 is 2.55 bits per heavy atom. The smallest absolute Gasteiger partial charge is 0.244 e. The highest BCUT2D eigenvalue weighted by Gasteiger charge is 2.02. The molecule has 0 saturated heterocycles. The molecule has 2 aromatic rings. The number of benzene rings is 2. The van der Waals surface area contributed by atoms with Crippen molar-refractivity contribution >= 4 is 12.0 Å². The number of para-hydroxylation sites is 1. The summed E-state index contributed by atoms with van der Waals surface area (Å²) in [6.45, 7) is 0.446. The van der Waals surface area contributed by atoms with E-state index in [0.717, 1.165) is 16.9 Å². The minimum absolute atomic E-state index is 0.125. The van der Waals surface area contributed by atoms with E-state index in [2.05, 4.69) is 5.32 Å². The number of ether oxygens (including phenoxy) is 1. The number of hydrogen-bond donors (Lipinski definition) is 1. The van der Waals surface area contributed by atoms with Gasteiger partial charge >= 0.3 is 0 Å². The lowest BCUT2D eigenvalue weighted by molar-refractivity contribution is -0.116. The second kappa shape index (κ2) is 7.14. The molecule has 2 rings (SSSR count). The SMILES string of the molecule is COc1ccccc1CNC(=O)/C=C/c1ccccc1. The number of hydrogen-bond acceptors (Lipinski definition) is 2. The topological polar surface area (TPSA) is 38.3 Å². The molecular weight excluding hydrogens is 250 g/mol. The van der Waals surface area contributed by atoms with Gasteiger partial charge in [-0.1, -0.05) is 48.5 Å². The molecule has 102 valence electrons. The second-order valence-electron chi connectivity index (χ2n) is 4.27. The van der Waals surface area contributed by atoms with Crippen LogP contribution < -0.4 is 10.1 Å². The molecule has 2 aromatic carbocycles. The van der Waals surface area contributed by atoms with Gasteiger partial charge in [-0.25, -0.2) is 0 Å². The predicted octanol–water partition coefficient (Wildman–Crippen LogP) is 3.02. The third kappa shape index (κ3) is 3.99. The number of nitrogens with one attached hydrogen (secondary N) is 1. The van der Waals surface area contributed by atoms with E-state index in [9.17, 15) is 4.79 Å². The van der Waals surface area contributed by atoms with Gasteiger partial charge in [0, 0.05) is 18.2 Å². The van der Waals surface area contributed by atoms with Crippen LogP contribution in [0, 0.1) is 0 Å². The summed E-state index contributed by atoms with van der Waals surface area (Å²) in [6.07, 6.45) is 3.32. The molecule has 0 unspecified atom stereocenters. The van der Waals surface area contributed by atoms with Crippen LogP contribution in [0.5, 0.6) is 5.75 Å². The summed E-state index contributed by atoms with van der Waals surface area (Å²) in [5.41, 5.74) is 1.96. The van der Waals surface area contributed by atoms with Crippen molar-refractivity contribution in [1.82, 2.24) is 5.32 Å². The molecule has 0 aliphatic rings. The van der Waals surface area contributed by atoms with Crippen molar-refractivity contribution in [3.05, 3.63) is 71.8 Å². The van der Waals surface area contributed by atoms with Crippen LogP contribution in [-0.2, 0) is 11.3 Å². The third-order valence-corrected chi connectivity index (χ3v) is 2.87. The van der Waals surface area contributed by atoms with Crippen LogP contribution in [0.15, 0.2) is 60.7 Å². The summed E-state index contributed by atoms with van der Waals surface area (Å²) >= 11 is 0. The standard InChI is InChI=1S/C17H17NO2/c1-20-16-10-6-5-9-15(16)13-18-17(19)12-11-14-7-3-2-4-8-14/h2-12H,13H2,1H3,(H,18,19)/b12-11+. The van der Waals surface area contributed by atoms with E-state index < -0.39 is 0 Å². The van der Waals surface area contributed by atoms with Crippen LogP contribution in [0.2, 0.25) is 0 Å². The van der Waals surface area contributed by atoms with Crippen LogP contribution in [-0.4, -0.2) is 13.0 Å². The Labute approximate surface area is 118 Å². The summed E-state index contributed by atoms with van der Waals surface area (Å²) in [4.78, 5) is 11.8. The molecule has 0 aliphatic heterocycles. The largest absolute Gasteiger partial charge is 0.496 e. The van der Waals surface area contributed by atoms with Gasteiger partial charge in [0.2, 0.25) is 5.91 Å². The zero-order chi connectivity index (χ0) is 14.2. The Kier molecular flexibility index (Phi) is 4.95. The van der Waals surface area contributed by atoms with Gasteiger partial charge in [-0.05, 0) is 17.7 Å². The summed E-state index contributed by atoms with van der Waals surface area (Å²) in [7, 11) is 1.62. The van der Waals surface area contributed by atoms with Gasteiger partial charge in [-0.15, -0.1) is 0 Å². The van der Waals surface area contributed by atoms with E-state index in [-0.39, 0.29) is 5.91 Å². The predicted molar refractivity (Wildman–Crippen MR) is 80.3 cm³/mol. The summed E-state index contributed by atoms with van der Waals surface area (Å²) in [6, 6.07) is 17.3. The normalized spacial score (nSPS) is 10.4. The Balaban J connectivity index is 1.91. The average molecular weight is 267 g/mol. The quantitative estimate of drug-likeness (QED) is 0.846. The summed E-state index contributed by atoms with van der Waals surface area (Å²) in [5, 5.41) is 2.84. The fraction of sp³-hybridized carbons (Fsp3) is 0.118. The van der Waals surface area contributed by atoms with E-state index in [1.807, 2.05) is 54.6 Å². The first-order valence-corrected chi connectivity index (χ1v) is 6.42. The van der Waals surface area contributed by atoms with E-state index in [4.69, 9.17) is 4.74 Å². The van der Waals surface area contributed by atoms with Gasteiger partial charge in [0.15, 0.2) is 0 Å². The minimum atomic E-state index is -0.125. The van der Waals surface area contributed by atoms with Gasteiger partial charge < -0.3 is 10.1 Å². The van der Waals surface area contributed by atoms with Gasteiger partial charge in [0.1, 0.15) is 5.75 Å².